The zero-order chi connectivity index (χ0) is 22.1. The van der Waals surface area contributed by atoms with Gasteiger partial charge in [-0.2, -0.15) is 10.1 Å². The molecule has 0 aliphatic carbocycles. The average molecular weight is 414 g/mol. The van der Waals surface area contributed by atoms with Crippen molar-refractivity contribution in [1.82, 2.24) is 0 Å². The number of furan rings is 1. The SMILES string of the molecule is CC(=O)c1ccc(-c2ccc(/C=C3\C(=O)N(c4cccc(C(=O)O)c4)N=C3C)o2)cc1. The number of rotatable bonds is 5. The number of carbonyl (C=O) groups excluding carboxylic acids is 2. The summed E-state index contributed by atoms with van der Waals surface area (Å²) in [7, 11) is 0. The summed E-state index contributed by atoms with van der Waals surface area (Å²) in [6.07, 6.45) is 1.61. The lowest BCUT2D eigenvalue weighted by Gasteiger charge is -2.12. The van der Waals surface area contributed by atoms with Gasteiger partial charge < -0.3 is 9.52 Å². The maximum atomic E-state index is 12.9. The Morgan fingerprint density at radius 3 is 2.45 bits per heavy atom. The Labute approximate surface area is 177 Å². The zero-order valence-corrected chi connectivity index (χ0v) is 16.8. The summed E-state index contributed by atoms with van der Waals surface area (Å²) >= 11 is 0. The number of Topliss-reactive ketones (excluding diaryl/α,β-unsaturated/α-hetero) is 1. The summed E-state index contributed by atoms with van der Waals surface area (Å²) in [5, 5.41) is 14.6. The quantitative estimate of drug-likeness (QED) is 0.484. The molecule has 2 heterocycles. The van der Waals surface area contributed by atoms with Crippen molar-refractivity contribution >= 4 is 35.1 Å². The molecule has 1 amide bonds. The highest BCUT2D eigenvalue weighted by atomic mass is 16.4. The van der Waals surface area contributed by atoms with Crippen molar-refractivity contribution in [3.8, 4) is 11.3 Å². The van der Waals surface area contributed by atoms with Crippen LogP contribution < -0.4 is 5.01 Å². The lowest BCUT2D eigenvalue weighted by atomic mass is 10.1. The van der Waals surface area contributed by atoms with Crippen LogP contribution in [0.2, 0.25) is 0 Å². The number of hydrogen-bond acceptors (Lipinski definition) is 5. The number of hydrazone groups is 1. The topological polar surface area (TPSA) is 100 Å². The molecule has 154 valence electrons. The van der Waals surface area contributed by atoms with Crippen LogP contribution in [-0.4, -0.2) is 28.5 Å². The molecule has 0 atom stereocenters. The second-order valence-corrected chi connectivity index (χ2v) is 7.05. The molecule has 1 N–H and O–H groups in total. The largest absolute Gasteiger partial charge is 0.478 e. The van der Waals surface area contributed by atoms with E-state index in [9.17, 15) is 19.5 Å². The fourth-order valence-electron chi connectivity index (χ4n) is 3.23. The van der Waals surface area contributed by atoms with E-state index in [4.69, 9.17) is 4.42 Å². The number of ketones is 1. The van der Waals surface area contributed by atoms with Crippen LogP contribution in [0.1, 0.15) is 40.3 Å². The molecule has 0 saturated heterocycles. The highest BCUT2D eigenvalue weighted by Crippen LogP contribution is 2.28. The third kappa shape index (κ3) is 3.93. The third-order valence-electron chi connectivity index (χ3n) is 4.89. The van der Waals surface area contributed by atoms with Gasteiger partial charge >= 0.3 is 5.97 Å². The molecule has 7 nitrogen and oxygen atoms in total. The molecular weight excluding hydrogens is 396 g/mol. The molecule has 1 aliphatic heterocycles. The van der Waals surface area contributed by atoms with E-state index < -0.39 is 5.97 Å². The summed E-state index contributed by atoms with van der Waals surface area (Å²) < 4.78 is 5.86. The molecule has 7 heteroatoms. The maximum absolute atomic E-state index is 12.9. The molecule has 3 aromatic rings. The molecule has 1 aromatic heterocycles. The van der Waals surface area contributed by atoms with Crippen LogP contribution in [0.15, 0.2) is 75.8 Å². The molecule has 0 bridgehead atoms. The fraction of sp³-hybridized carbons (Fsp3) is 0.0833. The second-order valence-electron chi connectivity index (χ2n) is 7.05. The maximum Gasteiger partial charge on any atom is 0.335 e. The lowest BCUT2D eigenvalue weighted by molar-refractivity contribution is -0.114. The van der Waals surface area contributed by atoms with Gasteiger partial charge in [-0.05, 0) is 50.3 Å². The van der Waals surface area contributed by atoms with Gasteiger partial charge in [0.05, 0.1) is 22.5 Å². The fourth-order valence-corrected chi connectivity index (χ4v) is 3.23. The summed E-state index contributed by atoms with van der Waals surface area (Å²) in [6, 6.07) is 16.6. The number of carboxylic acid groups (broad SMARTS) is 1. The van der Waals surface area contributed by atoms with Crippen molar-refractivity contribution in [2.24, 2.45) is 5.10 Å². The predicted octanol–water partition coefficient (Wildman–Crippen LogP) is 4.65. The van der Waals surface area contributed by atoms with E-state index in [1.807, 2.05) is 0 Å². The number of carboxylic acids is 1. The first kappa shape index (κ1) is 20.0. The summed E-state index contributed by atoms with van der Waals surface area (Å²) in [5.41, 5.74) is 2.72. The van der Waals surface area contributed by atoms with E-state index >= 15 is 0 Å². The Kier molecular flexibility index (Phi) is 5.09. The standard InChI is InChI=1S/C24H18N2O5/c1-14-21(23(28)26(25-14)19-5-3-4-18(12-19)24(29)30)13-20-10-11-22(31-20)17-8-6-16(7-9-17)15(2)27/h3-13H,1-2H3,(H,29,30)/b21-13-. The third-order valence-corrected chi connectivity index (χ3v) is 4.89. The van der Waals surface area contributed by atoms with Crippen LogP contribution in [0.5, 0.6) is 0 Å². The number of aromatic carboxylic acids is 1. The first-order chi connectivity index (χ1) is 14.8. The average Bonchev–Trinajstić information content (AvgIpc) is 3.34. The van der Waals surface area contributed by atoms with Gasteiger partial charge in [0.15, 0.2) is 5.78 Å². The van der Waals surface area contributed by atoms with Gasteiger partial charge in [0.1, 0.15) is 11.5 Å². The van der Waals surface area contributed by atoms with Gasteiger partial charge in [-0.15, -0.1) is 0 Å². The number of carbonyl (C=O) groups is 3. The van der Waals surface area contributed by atoms with Gasteiger partial charge in [0.2, 0.25) is 0 Å². The Morgan fingerprint density at radius 2 is 1.77 bits per heavy atom. The molecular formula is C24H18N2O5. The predicted molar refractivity (Wildman–Crippen MR) is 116 cm³/mol. The first-order valence-electron chi connectivity index (χ1n) is 9.50. The van der Waals surface area contributed by atoms with Crippen LogP contribution >= 0.6 is 0 Å². The monoisotopic (exact) mass is 414 g/mol. The number of nitrogens with zero attached hydrogens (tertiary/aromatic N) is 2. The van der Waals surface area contributed by atoms with Crippen LogP contribution in [0.4, 0.5) is 5.69 Å². The Morgan fingerprint density at radius 1 is 1.03 bits per heavy atom. The number of benzene rings is 2. The molecule has 2 aromatic carbocycles. The van der Waals surface area contributed by atoms with Crippen LogP contribution in [0.25, 0.3) is 17.4 Å². The first-order valence-corrected chi connectivity index (χ1v) is 9.50. The smallest absolute Gasteiger partial charge is 0.335 e. The molecule has 1 aliphatic rings. The summed E-state index contributed by atoms with van der Waals surface area (Å²) in [6.45, 7) is 3.21. The Bertz CT molecular complexity index is 1270. The minimum Gasteiger partial charge on any atom is -0.478 e. The number of amides is 1. The highest BCUT2D eigenvalue weighted by Gasteiger charge is 2.29. The highest BCUT2D eigenvalue weighted by molar-refractivity contribution is 6.32. The van der Waals surface area contributed by atoms with Gasteiger partial charge in [-0.3, -0.25) is 9.59 Å². The lowest BCUT2D eigenvalue weighted by Crippen LogP contribution is -2.21. The number of anilines is 1. The zero-order valence-electron chi connectivity index (χ0n) is 16.8. The molecule has 0 saturated carbocycles. The van der Waals surface area contributed by atoms with E-state index in [1.165, 1.54) is 24.1 Å². The van der Waals surface area contributed by atoms with Crippen molar-refractivity contribution in [3.05, 3.63) is 83.1 Å². The van der Waals surface area contributed by atoms with Crippen molar-refractivity contribution in [1.29, 1.82) is 0 Å². The Balaban J connectivity index is 1.59. The van der Waals surface area contributed by atoms with Crippen molar-refractivity contribution < 1.29 is 23.9 Å². The number of hydrogen-bond donors (Lipinski definition) is 1. The van der Waals surface area contributed by atoms with Gasteiger partial charge in [0.25, 0.3) is 5.91 Å². The molecule has 4 rings (SSSR count). The summed E-state index contributed by atoms with van der Waals surface area (Å²) in [4.78, 5) is 35.5. The van der Waals surface area contributed by atoms with Crippen LogP contribution in [0.3, 0.4) is 0 Å². The van der Waals surface area contributed by atoms with Gasteiger partial charge in [0, 0.05) is 11.1 Å². The van der Waals surface area contributed by atoms with Crippen molar-refractivity contribution in [2.45, 2.75) is 13.8 Å². The molecule has 0 spiro atoms. The van der Waals surface area contributed by atoms with E-state index in [1.54, 1.807) is 61.5 Å². The van der Waals surface area contributed by atoms with E-state index in [0.29, 0.717) is 34.1 Å². The minimum absolute atomic E-state index is 0.00984. The van der Waals surface area contributed by atoms with Crippen molar-refractivity contribution in [3.63, 3.8) is 0 Å². The van der Waals surface area contributed by atoms with Crippen LogP contribution in [-0.2, 0) is 4.79 Å². The van der Waals surface area contributed by atoms with Crippen molar-refractivity contribution in [2.75, 3.05) is 5.01 Å². The molecule has 0 radical (unpaired) electrons. The van der Waals surface area contributed by atoms with Gasteiger partial charge in [-0.25, -0.2) is 4.79 Å². The van der Waals surface area contributed by atoms with E-state index in [-0.39, 0.29) is 17.3 Å². The summed E-state index contributed by atoms with van der Waals surface area (Å²) in [5.74, 6) is -0.379. The second kappa shape index (κ2) is 7.87. The van der Waals surface area contributed by atoms with E-state index in [0.717, 1.165) is 5.56 Å². The van der Waals surface area contributed by atoms with E-state index in [2.05, 4.69) is 5.10 Å². The molecule has 31 heavy (non-hydrogen) atoms. The molecule has 0 unspecified atom stereocenters. The Hall–Kier alpha value is -4.26. The minimum atomic E-state index is -1.08. The van der Waals surface area contributed by atoms with Crippen LogP contribution in [0, 0.1) is 0 Å². The van der Waals surface area contributed by atoms with Gasteiger partial charge in [-0.1, -0.05) is 30.3 Å². The molecule has 0 fully saturated rings. The normalized spacial score (nSPS) is 14.8.